The van der Waals surface area contributed by atoms with Crippen LogP contribution in [0.3, 0.4) is 0 Å². The molecule has 1 amide bonds. The standard InChI is InChI=1S/C10H13NO3/c1-2-8(12)14-9-7-3-5-11(6-4-7)10(9)13/h2,7,9H,1,3-6H2. The van der Waals surface area contributed by atoms with Crippen LogP contribution in [0.15, 0.2) is 12.7 Å². The molecule has 0 N–H and O–H groups in total. The zero-order valence-corrected chi connectivity index (χ0v) is 7.94. The van der Waals surface area contributed by atoms with Gasteiger partial charge in [0.2, 0.25) is 0 Å². The number of ether oxygens (including phenoxy) is 1. The largest absolute Gasteiger partial charge is 0.449 e. The SMILES string of the molecule is C=CC(=O)OC1C(=O)N2CCC1CC2. The smallest absolute Gasteiger partial charge is 0.330 e. The van der Waals surface area contributed by atoms with E-state index in [1.165, 1.54) is 0 Å². The van der Waals surface area contributed by atoms with Crippen molar-refractivity contribution >= 4 is 11.9 Å². The molecule has 4 heteroatoms. The lowest BCUT2D eigenvalue weighted by Gasteiger charge is -2.42. The van der Waals surface area contributed by atoms with Gasteiger partial charge in [-0.15, -0.1) is 0 Å². The molecule has 3 rings (SSSR count). The Hall–Kier alpha value is -1.32. The Bertz CT molecular complexity index is 279. The maximum absolute atomic E-state index is 11.7. The highest BCUT2D eigenvalue weighted by atomic mass is 16.5. The van der Waals surface area contributed by atoms with Crippen molar-refractivity contribution < 1.29 is 14.3 Å². The van der Waals surface area contributed by atoms with Gasteiger partial charge in [0.1, 0.15) is 0 Å². The highest BCUT2D eigenvalue weighted by molar-refractivity contribution is 5.88. The fourth-order valence-corrected chi connectivity index (χ4v) is 2.12. The molecular formula is C10H13NO3. The van der Waals surface area contributed by atoms with Crippen LogP contribution in [0.4, 0.5) is 0 Å². The van der Waals surface area contributed by atoms with Gasteiger partial charge in [0.15, 0.2) is 6.10 Å². The summed E-state index contributed by atoms with van der Waals surface area (Å²) in [4.78, 5) is 24.4. The maximum atomic E-state index is 11.7. The second-order valence-corrected chi connectivity index (χ2v) is 3.72. The van der Waals surface area contributed by atoms with Crippen molar-refractivity contribution in [2.75, 3.05) is 13.1 Å². The number of esters is 1. The Labute approximate surface area is 82.5 Å². The molecule has 0 aromatic rings. The van der Waals surface area contributed by atoms with E-state index in [1.807, 2.05) is 0 Å². The second kappa shape index (κ2) is 3.44. The molecule has 76 valence electrons. The molecule has 3 aliphatic heterocycles. The van der Waals surface area contributed by atoms with Crippen LogP contribution in [-0.2, 0) is 14.3 Å². The minimum atomic E-state index is -0.553. The molecule has 0 spiro atoms. The minimum absolute atomic E-state index is 0.0392. The lowest BCUT2D eigenvalue weighted by Crippen LogP contribution is -2.56. The van der Waals surface area contributed by atoms with Crippen LogP contribution in [0.5, 0.6) is 0 Å². The van der Waals surface area contributed by atoms with Gasteiger partial charge in [-0.25, -0.2) is 4.79 Å². The van der Waals surface area contributed by atoms with E-state index < -0.39 is 12.1 Å². The Kier molecular flexibility index (Phi) is 2.27. The molecule has 0 aromatic heterocycles. The van der Waals surface area contributed by atoms with Crippen molar-refractivity contribution in [1.82, 2.24) is 4.90 Å². The summed E-state index contributed by atoms with van der Waals surface area (Å²) < 4.78 is 5.04. The summed E-state index contributed by atoms with van der Waals surface area (Å²) in [6.07, 6.45) is 2.44. The van der Waals surface area contributed by atoms with Crippen molar-refractivity contribution in [1.29, 1.82) is 0 Å². The summed E-state index contributed by atoms with van der Waals surface area (Å²) >= 11 is 0. The molecule has 3 aliphatic rings. The molecule has 0 aliphatic carbocycles. The highest BCUT2D eigenvalue weighted by Gasteiger charge is 2.42. The monoisotopic (exact) mass is 195 g/mol. The van der Waals surface area contributed by atoms with E-state index in [0.29, 0.717) is 0 Å². The van der Waals surface area contributed by atoms with Gasteiger partial charge in [-0.2, -0.15) is 0 Å². The summed E-state index contributed by atoms with van der Waals surface area (Å²) in [5.41, 5.74) is 0. The number of hydrogen-bond acceptors (Lipinski definition) is 3. The number of rotatable bonds is 2. The fraction of sp³-hybridized carbons (Fsp3) is 0.600. The zero-order valence-electron chi connectivity index (χ0n) is 7.94. The molecule has 0 radical (unpaired) electrons. The Morgan fingerprint density at radius 1 is 1.50 bits per heavy atom. The average Bonchev–Trinajstić information content (AvgIpc) is 2.23. The van der Waals surface area contributed by atoms with E-state index in [1.54, 1.807) is 4.90 Å². The molecule has 3 saturated heterocycles. The summed E-state index contributed by atoms with van der Waals surface area (Å²) in [6, 6.07) is 0. The maximum Gasteiger partial charge on any atom is 0.330 e. The highest BCUT2D eigenvalue weighted by Crippen LogP contribution is 2.30. The minimum Gasteiger partial charge on any atom is -0.449 e. The van der Waals surface area contributed by atoms with Crippen LogP contribution in [0.25, 0.3) is 0 Å². The van der Waals surface area contributed by atoms with Crippen molar-refractivity contribution in [3.05, 3.63) is 12.7 Å². The van der Waals surface area contributed by atoms with Gasteiger partial charge in [0.25, 0.3) is 5.91 Å². The van der Waals surface area contributed by atoms with E-state index in [-0.39, 0.29) is 11.8 Å². The van der Waals surface area contributed by atoms with E-state index in [9.17, 15) is 9.59 Å². The first-order valence-corrected chi connectivity index (χ1v) is 4.84. The molecular weight excluding hydrogens is 182 g/mol. The molecule has 3 fully saturated rings. The molecule has 2 bridgehead atoms. The fourth-order valence-electron chi connectivity index (χ4n) is 2.12. The molecule has 1 unspecified atom stereocenters. The lowest BCUT2D eigenvalue weighted by molar-refractivity contribution is -0.170. The van der Waals surface area contributed by atoms with Crippen LogP contribution in [-0.4, -0.2) is 36.0 Å². The van der Waals surface area contributed by atoms with Gasteiger partial charge in [-0.3, -0.25) is 4.79 Å². The van der Waals surface area contributed by atoms with Gasteiger partial charge in [0.05, 0.1) is 0 Å². The van der Waals surface area contributed by atoms with Crippen LogP contribution < -0.4 is 0 Å². The van der Waals surface area contributed by atoms with Crippen LogP contribution in [0, 0.1) is 5.92 Å². The number of hydrogen-bond donors (Lipinski definition) is 0. The number of fused-ring (bicyclic) bond motifs is 3. The van der Waals surface area contributed by atoms with E-state index in [0.717, 1.165) is 32.0 Å². The van der Waals surface area contributed by atoms with Crippen LogP contribution in [0.1, 0.15) is 12.8 Å². The van der Waals surface area contributed by atoms with Gasteiger partial charge < -0.3 is 9.64 Å². The van der Waals surface area contributed by atoms with Crippen LogP contribution >= 0.6 is 0 Å². The Morgan fingerprint density at radius 2 is 2.14 bits per heavy atom. The van der Waals surface area contributed by atoms with Gasteiger partial charge in [0, 0.05) is 25.1 Å². The number of amides is 1. The quantitative estimate of drug-likeness (QED) is 0.471. The number of piperidine rings is 3. The zero-order chi connectivity index (χ0) is 10.1. The lowest BCUT2D eigenvalue weighted by atomic mass is 9.85. The number of nitrogens with zero attached hydrogens (tertiary/aromatic N) is 1. The molecule has 1 atom stereocenters. The topological polar surface area (TPSA) is 46.6 Å². The number of carbonyl (C=O) groups excluding carboxylic acids is 2. The first kappa shape index (κ1) is 9.24. The second-order valence-electron chi connectivity index (χ2n) is 3.72. The van der Waals surface area contributed by atoms with E-state index >= 15 is 0 Å². The van der Waals surface area contributed by atoms with Crippen molar-refractivity contribution in [3.63, 3.8) is 0 Å². The van der Waals surface area contributed by atoms with Crippen molar-refractivity contribution in [2.45, 2.75) is 18.9 Å². The number of carbonyl (C=O) groups is 2. The predicted molar refractivity (Wildman–Crippen MR) is 49.4 cm³/mol. The third-order valence-electron chi connectivity index (χ3n) is 2.93. The summed E-state index contributed by atoms with van der Waals surface area (Å²) in [6.45, 7) is 4.94. The van der Waals surface area contributed by atoms with Crippen molar-refractivity contribution in [3.8, 4) is 0 Å². The summed E-state index contributed by atoms with van der Waals surface area (Å²) in [7, 11) is 0. The third kappa shape index (κ3) is 1.41. The summed E-state index contributed by atoms with van der Waals surface area (Å²) in [5.74, 6) is -0.323. The first-order chi connectivity index (χ1) is 6.72. The van der Waals surface area contributed by atoms with Crippen molar-refractivity contribution in [2.24, 2.45) is 5.92 Å². The Balaban J connectivity index is 2.07. The molecule has 0 aromatic carbocycles. The van der Waals surface area contributed by atoms with Gasteiger partial charge >= 0.3 is 5.97 Å². The van der Waals surface area contributed by atoms with Gasteiger partial charge in [-0.1, -0.05) is 6.58 Å². The van der Waals surface area contributed by atoms with Crippen LogP contribution in [0.2, 0.25) is 0 Å². The normalized spacial score (nSPS) is 30.3. The first-order valence-electron chi connectivity index (χ1n) is 4.84. The third-order valence-corrected chi connectivity index (χ3v) is 2.93. The molecule has 0 saturated carbocycles. The average molecular weight is 195 g/mol. The summed E-state index contributed by atoms with van der Waals surface area (Å²) in [5, 5.41) is 0. The van der Waals surface area contributed by atoms with E-state index in [4.69, 9.17) is 4.74 Å². The molecule has 14 heavy (non-hydrogen) atoms. The molecule has 4 nitrogen and oxygen atoms in total. The Morgan fingerprint density at radius 3 is 2.64 bits per heavy atom. The van der Waals surface area contributed by atoms with E-state index in [2.05, 4.69) is 6.58 Å². The van der Waals surface area contributed by atoms with Gasteiger partial charge in [-0.05, 0) is 12.8 Å². The predicted octanol–water partition coefficient (Wildman–Crippen LogP) is 0.336. The molecule has 3 heterocycles.